The van der Waals surface area contributed by atoms with Crippen molar-refractivity contribution in [2.45, 2.75) is 44.8 Å². The highest BCUT2D eigenvalue weighted by Crippen LogP contribution is 2.20. The van der Waals surface area contributed by atoms with E-state index in [0.717, 1.165) is 37.8 Å². The number of hydrogen-bond donors (Lipinski definition) is 2. The van der Waals surface area contributed by atoms with Crippen molar-refractivity contribution in [2.24, 2.45) is 12.0 Å². The third kappa shape index (κ3) is 6.51. The Bertz CT molecular complexity index is 443. The van der Waals surface area contributed by atoms with E-state index in [-0.39, 0.29) is 24.0 Å². The molecule has 0 aromatic carbocycles. The van der Waals surface area contributed by atoms with Gasteiger partial charge in [0.05, 0.1) is 18.3 Å². The maximum Gasteiger partial charge on any atom is 0.191 e. The molecule has 1 heterocycles. The number of ether oxygens (including phenoxy) is 1. The van der Waals surface area contributed by atoms with Gasteiger partial charge in [-0.25, -0.2) is 0 Å². The number of aromatic nitrogens is 2. The highest BCUT2D eigenvalue weighted by Gasteiger charge is 2.14. The third-order valence-electron chi connectivity index (χ3n) is 3.85. The minimum absolute atomic E-state index is 0. The molecule has 1 aromatic heterocycles. The molecule has 7 heteroatoms. The monoisotopic (exact) mass is 421 g/mol. The molecule has 1 fully saturated rings. The number of rotatable bonds is 7. The molecule has 1 aromatic rings. The summed E-state index contributed by atoms with van der Waals surface area (Å²) in [6.45, 7) is 2.42. The molecule has 0 amide bonds. The van der Waals surface area contributed by atoms with E-state index in [2.05, 4.69) is 20.7 Å². The van der Waals surface area contributed by atoms with Crippen molar-refractivity contribution in [3.05, 3.63) is 18.0 Å². The van der Waals surface area contributed by atoms with E-state index in [4.69, 9.17) is 4.74 Å². The van der Waals surface area contributed by atoms with Crippen molar-refractivity contribution in [1.82, 2.24) is 20.4 Å². The second kappa shape index (κ2) is 10.8. The zero-order valence-corrected chi connectivity index (χ0v) is 15.9. The van der Waals surface area contributed by atoms with Crippen molar-refractivity contribution in [2.75, 3.05) is 20.2 Å². The van der Waals surface area contributed by atoms with Gasteiger partial charge in [0.1, 0.15) is 0 Å². The van der Waals surface area contributed by atoms with Gasteiger partial charge in [0.2, 0.25) is 0 Å². The zero-order chi connectivity index (χ0) is 14.9. The molecule has 0 spiro atoms. The minimum Gasteiger partial charge on any atom is -0.378 e. The minimum atomic E-state index is 0. The Morgan fingerprint density at radius 3 is 2.82 bits per heavy atom. The van der Waals surface area contributed by atoms with Gasteiger partial charge in [0, 0.05) is 33.4 Å². The van der Waals surface area contributed by atoms with E-state index in [0.29, 0.717) is 6.10 Å². The number of hydrogen-bond acceptors (Lipinski definition) is 3. The summed E-state index contributed by atoms with van der Waals surface area (Å²) in [5, 5.41) is 10.7. The molecule has 0 bridgehead atoms. The summed E-state index contributed by atoms with van der Waals surface area (Å²) < 4.78 is 7.70. The Hall–Kier alpha value is -0.830. The van der Waals surface area contributed by atoms with Crippen LogP contribution in [0.3, 0.4) is 0 Å². The normalized spacial score (nSPS) is 15.6. The Kier molecular flexibility index (Phi) is 9.45. The van der Waals surface area contributed by atoms with Crippen LogP contribution < -0.4 is 10.6 Å². The quantitative estimate of drug-likeness (QED) is 0.306. The summed E-state index contributed by atoms with van der Waals surface area (Å²) in [6, 6.07) is 2.00. The van der Waals surface area contributed by atoms with Gasteiger partial charge < -0.3 is 15.4 Å². The SMILES string of the molecule is CN=C(NCCCOC1CCCC1)NCc1ccnn1C.I. The number of aryl methyl sites for hydroxylation is 1. The smallest absolute Gasteiger partial charge is 0.191 e. The topological polar surface area (TPSA) is 63.5 Å². The van der Waals surface area contributed by atoms with Gasteiger partial charge in [0.15, 0.2) is 5.96 Å². The fraction of sp³-hybridized carbons (Fsp3) is 0.733. The summed E-state index contributed by atoms with van der Waals surface area (Å²) in [5.74, 6) is 0.817. The maximum atomic E-state index is 5.84. The molecule has 2 rings (SSSR count). The molecule has 22 heavy (non-hydrogen) atoms. The van der Waals surface area contributed by atoms with Gasteiger partial charge in [-0.1, -0.05) is 12.8 Å². The van der Waals surface area contributed by atoms with E-state index in [1.165, 1.54) is 25.7 Å². The maximum absolute atomic E-state index is 5.84. The lowest BCUT2D eigenvalue weighted by molar-refractivity contribution is 0.0574. The highest BCUT2D eigenvalue weighted by molar-refractivity contribution is 14.0. The van der Waals surface area contributed by atoms with Crippen molar-refractivity contribution >= 4 is 29.9 Å². The highest BCUT2D eigenvalue weighted by atomic mass is 127. The standard InChI is InChI=1S/C15H27N5O.HI/c1-16-15(18-12-13-8-10-19-20(13)2)17-9-5-11-21-14-6-3-4-7-14;/h8,10,14H,3-7,9,11-12H2,1-2H3,(H2,16,17,18);1H. The molecule has 1 saturated carbocycles. The number of guanidine groups is 1. The van der Waals surface area contributed by atoms with Crippen molar-refractivity contribution < 1.29 is 4.74 Å². The fourth-order valence-electron chi connectivity index (χ4n) is 2.55. The number of halogens is 1. The molecule has 6 nitrogen and oxygen atoms in total. The lowest BCUT2D eigenvalue weighted by Gasteiger charge is -2.13. The zero-order valence-electron chi connectivity index (χ0n) is 13.5. The summed E-state index contributed by atoms with van der Waals surface area (Å²) >= 11 is 0. The van der Waals surface area contributed by atoms with E-state index >= 15 is 0 Å². The summed E-state index contributed by atoms with van der Waals surface area (Å²) in [5.41, 5.74) is 1.13. The van der Waals surface area contributed by atoms with Crippen LogP contribution in [0.4, 0.5) is 0 Å². The number of aliphatic imine (C=N–C) groups is 1. The molecule has 0 radical (unpaired) electrons. The Morgan fingerprint density at radius 2 is 2.18 bits per heavy atom. The second-order valence-corrected chi connectivity index (χ2v) is 5.43. The predicted molar refractivity (Wildman–Crippen MR) is 99.6 cm³/mol. The second-order valence-electron chi connectivity index (χ2n) is 5.43. The van der Waals surface area contributed by atoms with E-state index < -0.39 is 0 Å². The predicted octanol–water partition coefficient (Wildman–Crippen LogP) is 2.05. The Morgan fingerprint density at radius 1 is 1.41 bits per heavy atom. The molecule has 2 N–H and O–H groups in total. The van der Waals surface area contributed by atoms with Gasteiger partial charge in [-0.05, 0) is 25.3 Å². The molecular formula is C15H28IN5O. The summed E-state index contributed by atoms with van der Waals surface area (Å²) in [4.78, 5) is 4.22. The molecule has 1 aliphatic carbocycles. The van der Waals surface area contributed by atoms with Crippen LogP contribution in [0.5, 0.6) is 0 Å². The largest absolute Gasteiger partial charge is 0.378 e. The van der Waals surface area contributed by atoms with Gasteiger partial charge in [-0.2, -0.15) is 5.10 Å². The van der Waals surface area contributed by atoms with Crippen LogP contribution in [-0.2, 0) is 18.3 Å². The van der Waals surface area contributed by atoms with Crippen LogP contribution >= 0.6 is 24.0 Å². The number of nitrogens with zero attached hydrogens (tertiary/aromatic N) is 3. The molecule has 0 atom stereocenters. The Balaban J connectivity index is 0.00000242. The third-order valence-corrected chi connectivity index (χ3v) is 3.85. The average Bonchev–Trinajstić information content (AvgIpc) is 3.14. The van der Waals surface area contributed by atoms with Gasteiger partial charge in [0.25, 0.3) is 0 Å². The van der Waals surface area contributed by atoms with Crippen LogP contribution in [0.15, 0.2) is 17.3 Å². The first-order valence-electron chi connectivity index (χ1n) is 7.82. The lowest BCUT2D eigenvalue weighted by Crippen LogP contribution is -2.38. The van der Waals surface area contributed by atoms with Gasteiger partial charge >= 0.3 is 0 Å². The number of nitrogens with one attached hydrogen (secondary N) is 2. The van der Waals surface area contributed by atoms with Gasteiger partial charge in [-0.3, -0.25) is 9.67 Å². The van der Waals surface area contributed by atoms with Crippen LogP contribution in [0, 0.1) is 0 Å². The van der Waals surface area contributed by atoms with E-state index in [1.807, 2.05) is 17.8 Å². The van der Waals surface area contributed by atoms with Crippen molar-refractivity contribution in [1.29, 1.82) is 0 Å². The fourth-order valence-corrected chi connectivity index (χ4v) is 2.55. The Labute approximate surface area is 150 Å². The molecule has 1 aliphatic rings. The van der Waals surface area contributed by atoms with Crippen LogP contribution in [0.1, 0.15) is 37.8 Å². The van der Waals surface area contributed by atoms with E-state index in [1.54, 1.807) is 13.2 Å². The van der Waals surface area contributed by atoms with E-state index in [9.17, 15) is 0 Å². The summed E-state index contributed by atoms with van der Waals surface area (Å²) in [6.07, 6.45) is 8.44. The summed E-state index contributed by atoms with van der Waals surface area (Å²) in [7, 11) is 3.72. The first-order valence-corrected chi connectivity index (χ1v) is 7.82. The first-order chi connectivity index (χ1) is 10.3. The van der Waals surface area contributed by atoms with Crippen LogP contribution in [0.2, 0.25) is 0 Å². The molecular weight excluding hydrogens is 393 g/mol. The first kappa shape index (κ1) is 19.2. The molecule has 0 saturated heterocycles. The van der Waals surface area contributed by atoms with Crippen LogP contribution in [0.25, 0.3) is 0 Å². The van der Waals surface area contributed by atoms with Crippen molar-refractivity contribution in [3.8, 4) is 0 Å². The van der Waals surface area contributed by atoms with Gasteiger partial charge in [-0.15, -0.1) is 24.0 Å². The average molecular weight is 421 g/mol. The molecule has 126 valence electrons. The molecule has 0 aliphatic heterocycles. The van der Waals surface area contributed by atoms with Crippen molar-refractivity contribution in [3.63, 3.8) is 0 Å². The van der Waals surface area contributed by atoms with Crippen LogP contribution in [-0.4, -0.2) is 42.0 Å². The lowest BCUT2D eigenvalue weighted by atomic mass is 10.3. The molecule has 0 unspecified atom stereocenters.